The van der Waals surface area contributed by atoms with Crippen LogP contribution in [0.5, 0.6) is 0 Å². The molecule has 0 aliphatic carbocycles. The normalized spacial score (nSPS) is 12.9. The predicted molar refractivity (Wildman–Crippen MR) is 74.0 cm³/mol. The van der Waals surface area contributed by atoms with Crippen LogP contribution in [0.25, 0.3) is 0 Å². The first-order valence-corrected chi connectivity index (χ1v) is 7.49. The molecular formula is C14H25NS. The van der Waals surface area contributed by atoms with Gasteiger partial charge in [0.2, 0.25) is 0 Å². The lowest BCUT2D eigenvalue weighted by Gasteiger charge is -2.10. The molecule has 1 aromatic rings. The first-order chi connectivity index (χ1) is 7.83. The summed E-state index contributed by atoms with van der Waals surface area (Å²) in [5, 5.41) is 2.15. The quantitative estimate of drug-likeness (QED) is 0.636. The van der Waals surface area contributed by atoms with E-state index in [1.54, 1.807) is 0 Å². The average molecular weight is 239 g/mol. The van der Waals surface area contributed by atoms with Crippen molar-refractivity contribution in [1.29, 1.82) is 0 Å². The SMILES string of the molecule is CCCCCCC(N)CCCc1cccs1. The number of hydrogen-bond donors (Lipinski definition) is 1. The third kappa shape index (κ3) is 6.29. The molecule has 0 fully saturated rings. The molecule has 16 heavy (non-hydrogen) atoms. The minimum atomic E-state index is 0.428. The molecule has 0 radical (unpaired) electrons. The Hall–Kier alpha value is -0.340. The highest BCUT2D eigenvalue weighted by molar-refractivity contribution is 7.09. The molecule has 0 spiro atoms. The number of hydrogen-bond acceptors (Lipinski definition) is 2. The van der Waals surface area contributed by atoms with Gasteiger partial charge in [0.25, 0.3) is 0 Å². The molecule has 0 aliphatic rings. The first kappa shape index (κ1) is 13.7. The average Bonchev–Trinajstić information content (AvgIpc) is 2.77. The summed E-state index contributed by atoms with van der Waals surface area (Å²) in [7, 11) is 0. The molecule has 1 unspecified atom stereocenters. The fourth-order valence-corrected chi connectivity index (χ4v) is 2.72. The third-order valence-corrected chi connectivity index (χ3v) is 3.94. The van der Waals surface area contributed by atoms with E-state index in [-0.39, 0.29) is 0 Å². The molecule has 1 rings (SSSR count). The maximum atomic E-state index is 6.10. The van der Waals surface area contributed by atoms with Crippen molar-refractivity contribution < 1.29 is 0 Å². The molecule has 0 aliphatic heterocycles. The zero-order valence-corrected chi connectivity index (χ0v) is 11.3. The van der Waals surface area contributed by atoms with E-state index in [0.717, 1.165) is 0 Å². The van der Waals surface area contributed by atoms with Gasteiger partial charge in [-0.05, 0) is 37.1 Å². The van der Waals surface area contributed by atoms with Crippen LogP contribution in [0.4, 0.5) is 0 Å². The van der Waals surface area contributed by atoms with Gasteiger partial charge in [0.1, 0.15) is 0 Å². The van der Waals surface area contributed by atoms with Gasteiger partial charge in [-0.25, -0.2) is 0 Å². The number of thiophene rings is 1. The molecule has 0 saturated carbocycles. The predicted octanol–water partition coefficient (Wildman–Crippen LogP) is 4.37. The number of unbranched alkanes of at least 4 members (excludes halogenated alkanes) is 3. The van der Waals surface area contributed by atoms with Crippen LogP contribution < -0.4 is 5.73 Å². The Morgan fingerprint density at radius 1 is 1.19 bits per heavy atom. The first-order valence-electron chi connectivity index (χ1n) is 6.61. The topological polar surface area (TPSA) is 26.0 Å². The largest absolute Gasteiger partial charge is 0.328 e. The second kappa shape index (κ2) is 8.77. The minimum Gasteiger partial charge on any atom is -0.328 e. The Balaban J connectivity index is 1.95. The van der Waals surface area contributed by atoms with Gasteiger partial charge in [0.05, 0.1) is 0 Å². The van der Waals surface area contributed by atoms with Gasteiger partial charge in [0, 0.05) is 10.9 Å². The van der Waals surface area contributed by atoms with Crippen LogP contribution in [-0.4, -0.2) is 6.04 Å². The molecule has 0 bridgehead atoms. The number of nitrogens with two attached hydrogens (primary N) is 1. The lowest BCUT2D eigenvalue weighted by molar-refractivity contribution is 0.508. The second-order valence-corrected chi connectivity index (χ2v) is 5.61. The van der Waals surface area contributed by atoms with Gasteiger partial charge < -0.3 is 5.73 Å². The molecule has 92 valence electrons. The number of rotatable bonds is 9. The van der Waals surface area contributed by atoms with E-state index in [2.05, 4.69) is 24.4 Å². The molecule has 0 saturated heterocycles. The van der Waals surface area contributed by atoms with Crippen molar-refractivity contribution in [2.75, 3.05) is 0 Å². The van der Waals surface area contributed by atoms with Crippen molar-refractivity contribution in [2.24, 2.45) is 5.73 Å². The van der Waals surface area contributed by atoms with Crippen LogP contribution in [0.15, 0.2) is 17.5 Å². The van der Waals surface area contributed by atoms with Crippen LogP contribution in [0, 0.1) is 0 Å². The van der Waals surface area contributed by atoms with Gasteiger partial charge in [-0.15, -0.1) is 11.3 Å². The summed E-state index contributed by atoms with van der Waals surface area (Å²) < 4.78 is 0. The summed E-state index contributed by atoms with van der Waals surface area (Å²) in [6.07, 6.45) is 10.2. The van der Waals surface area contributed by atoms with Crippen LogP contribution in [0.1, 0.15) is 56.7 Å². The lowest BCUT2D eigenvalue weighted by Crippen LogP contribution is -2.19. The van der Waals surface area contributed by atoms with E-state index in [1.165, 1.54) is 56.2 Å². The lowest BCUT2D eigenvalue weighted by atomic mass is 10.0. The van der Waals surface area contributed by atoms with E-state index in [9.17, 15) is 0 Å². The summed E-state index contributed by atoms with van der Waals surface area (Å²) in [5.41, 5.74) is 6.10. The highest BCUT2D eigenvalue weighted by atomic mass is 32.1. The van der Waals surface area contributed by atoms with Crippen LogP contribution in [0.3, 0.4) is 0 Å². The molecule has 1 heterocycles. The van der Waals surface area contributed by atoms with Crippen LogP contribution >= 0.6 is 11.3 Å². The van der Waals surface area contributed by atoms with Gasteiger partial charge in [-0.1, -0.05) is 38.7 Å². The molecule has 1 aromatic heterocycles. The summed E-state index contributed by atoms with van der Waals surface area (Å²) in [6, 6.07) is 4.78. The van der Waals surface area contributed by atoms with Crippen molar-refractivity contribution in [2.45, 2.75) is 64.3 Å². The Morgan fingerprint density at radius 3 is 2.69 bits per heavy atom. The van der Waals surface area contributed by atoms with Crippen molar-refractivity contribution in [1.82, 2.24) is 0 Å². The van der Waals surface area contributed by atoms with Gasteiger partial charge >= 0.3 is 0 Å². The van der Waals surface area contributed by atoms with Crippen molar-refractivity contribution >= 4 is 11.3 Å². The van der Waals surface area contributed by atoms with Crippen molar-refractivity contribution in [3.8, 4) is 0 Å². The maximum Gasteiger partial charge on any atom is 0.00452 e. The van der Waals surface area contributed by atoms with Crippen LogP contribution in [-0.2, 0) is 6.42 Å². The van der Waals surface area contributed by atoms with E-state index in [4.69, 9.17) is 5.73 Å². The van der Waals surface area contributed by atoms with Crippen molar-refractivity contribution in [3.05, 3.63) is 22.4 Å². The minimum absolute atomic E-state index is 0.428. The summed E-state index contributed by atoms with van der Waals surface area (Å²) in [4.78, 5) is 1.50. The molecule has 1 atom stereocenters. The highest BCUT2D eigenvalue weighted by Gasteiger charge is 2.02. The van der Waals surface area contributed by atoms with E-state index in [0.29, 0.717) is 6.04 Å². The Bertz CT molecular complexity index is 243. The van der Waals surface area contributed by atoms with E-state index in [1.807, 2.05) is 11.3 Å². The zero-order valence-electron chi connectivity index (χ0n) is 10.5. The zero-order chi connectivity index (χ0) is 11.6. The van der Waals surface area contributed by atoms with E-state index >= 15 is 0 Å². The summed E-state index contributed by atoms with van der Waals surface area (Å²) in [5.74, 6) is 0. The Labute approximate surface area is 104 Å². The van der Waals surface area contributed by atoms with Crippen molar-refractivity contribution in [3.63, 3.8) is 0 Å². The monoisotopic (exact) mass is 239 g/mol. The maximum absolute atomic E-state index is 6.10. The molecule has 2 N–H and O–H groups in total. The smallest absolute Gasteiger partial charge is 0.00452 e. The van der Waals surface area contributed by atoms with Crippen LogP contribution in [0.2, 0.25) is 0 Å². The highest BCUT2D eigenvalue weighted by Crippen LogP contribution is 2.14. The Morgan fingerprint density at radius 2 is 2.00 bits per heavy atom. The summed E-state index contributed by atoms with van der Waals surface area (Å²) in [6.45, 7) is 2.25. The van der Waals surface area contributed by atoms with E-state index < -0.39 is 0 Å². The standard InChI is InChI=1S/C14H25NS/c1-2-3-4-5-8-13(15)9-6-10-14-11-7-12-16-14/h7,11-13H,2-6,8-10,15H2,1H3. The second-order valence-electron chi connectivity index (χ2n) is 4.58. The molecule has 2 heteroatoms. The number of aryl methyl sites for hydroxylation is 1. The molecule has 0 aromatic carbocycles. The molecule has 0 amide bonds. The molecule has 1 nitrogen and oxygen atoms in total. The Kier molecular flexibility index (Phi) is 7.52. The summed E-state index contributed by atoms with van der Waals surface area (Å²) >= 11 is 1.86. The molecular weight excluding hydrogens is 214 g/mol. The van der Waals surface area contributed by atoms with Gasteiger partial charge in [-0.2, -0.15) is 0 Å². The fraction of sp³-hybridized carbons (Fsp3) is 0.714. The van der Waals surface area contributed by atoms with Gasteiger partial charge in [-0.3, -0.25) is 0 Å². The van der Waals surface area contributed by atoms with Gasteiger partial charge in [0.15, 0.2) is 0 Å². The third-order valence-electron chi connectivity index (χ3n) is 3.01. The fourth-order valence-electron chi connectivity index (χ4n) is 1.97.